The van der Waals surface area contributed by atoms with Gasteiger partial charge in [-0.2, -0.15) is 0 Å². The van der Waals surface area contributed by atoms with E-state index in [0.717, 1.165) is 11.3 Å². The molecule has 7 heteroatoms. The number of nitrogens with zero attached hydrogens (tertiary/aromatic N) is 2. The van der Waals surface area contributed by atoms with Gasteiger partial charge in [-0.05, 0) is 42.0 Å². The molecule has 1 N–H and O–H groups in total. The van der Waals surface area contributed by atoms with Gasteiger partial charge in [0.15, 0.2) is 0 Å². The highest BCUT2D eigenvalue weighted by Gasteiger charge is 2.33. The fourth-order valence-corrected chi connectivity index (χ4v) is 3.07. The molecular formula is C19H15N3O4. The largest absolute Gasteiger partial charge is 0.467 e. The van der Waals surface area contributed by atoms with Crippen LogP contribution in [0.1, 0.15) is 27.8 Å². The van der Waals surface area contributed by atoms with Crippen molar-refractivity contribution in [3.63, 3.8) is 0 Å². The molecule has 0 bridgehead atoms. The van der Waals surface area contributed by atoms with Crippen LogP contribution in [0.4, 0.5) is 11.4 Å². The molecule has 0 aliphatic carbocycles. The highest BCUT2D eigenvalue weighted by molar-refractivity contribution is 6.01. The van der Waals surface area contributed by atoms with Crippen LogP contribution in [0.5, 0.6) is 0 Å². The summed E-state index contributed by atoms with van der Waals surface area (Å²) in [4.78, 5) is 25.1. The first-order chi connectivity index (χ1) is 12.6. The number of amides is 1. The predicted molar refractivity (Wildman–Crippen MR) is 94.5 cm³/mol. The summed E-state index contributed by atoms with van der Waals surface area (Å²) in [6.07, 6.45) is 1.11. The van der Waals surface area contributed by atoms with Crippen molar-refractivity contribution >= 4 is 17.3 Å². The van der Waals surface area contributed by atoms with Crippen molar-refractivity contribution in [3.05, 3.63) is 93.9 Å². The summed E-state index contributed by atoms with van der Waals surface area (Å²) in [6.45, 7) is 0.287. The van der Waals surface area contributed by atoms with E-state index in [-0.39, 0.29) is 18.1 Å². The lowest BCUT2D eigenvalue weighted by Crippen LogP contribution is -2.42. The number of fused-ring (bicyclic) bond motifs is 1. The Labute approximate surface area is 149 Å². The van der Waals surface area contributed by atoms with Crippen LogP contribution >= 0.6 is 0 Å². The molecule has 1 aliphatic heterocycles. The van der Waals surface area contributed by atoms with Crippen LogP contribution in [0.2, 0.25) is 0 Å². The van der Waals surface area contributed by atoms with Crippen LogP contribution in [0.15, 0.2) is 71.3 Å². The average molecular weight is 349 g/mol. The van der Waals surface area contributed by atoms with Crippen LogP contribution in [-0.2, 0) is 6.54 Å². The minimum absolute atomic E-state index is 0.00821. The second kappa shape index (κ2) is 6.36. The van der Waals surface area contributed by atoms with Crippen LogP contribution in [-0.4, -0.2) is 15.7 Å². The number of furan rings is 1. The third kappa shape index (κ3) is 2.79. The van der Waals surface area contributed by atoms with Crippen molar-refractivity contribution in [1.29, 1.82) is 0 Å². The summed E-state index contributed by atoms with van der Waals surface area (Å²) in [5.74, 6) is 0.533. The SMILES string of the molecule is O=C1c2ccccc2N[C@@H](c2ccc([N+](=O)[O-])cc2)N1Cc1ccco1. The maximum Gasteiger partial charge on any atom is 0.269 e. The van der Waals surface area contributed by atoms with E-state index in [1.54, 1.807) is 41.5 Å². The third-order valence-corrected chi connectivity index (χ3v) is 4.35. The third-order valence-electron chi connectivity index (χ3n) is 4.35. The molecule has 2 heterocycles. The molecule has 0 spiro atoms. The van der Waals surface area contributed by atoms with Gasteiger partial charge in [0.25, 0.3) is 11.6 Å². The van der Waals surface area contributed by atoms with E-state index in [0.29, 0.717) is 11.3 Å². The van der Waals surface area contributed by atoms with Crippen LogP contribution in [0.25, 0.3) is 0 Å². The van der Waals surface area contributed by atoms with Gasteiger partial charge in [0.1, 0.15) is 11.9 Å². The molecule has 1 aromatic heterocycles. The standard InChI is InChI=1S/C19H15N3O4/c23-19-16-5-1-2-6-17(16)20-18(21(19)12-15-4-3-11-26-15)13-7-9-14(10-8-13)22(24)25/h1-11,18,20H,12H2/t18-/m1/s1. The van der Waals surface area contributed by atoms with Gasteiger partial charge in [0.05, 0.1) is 23.3 Å². The lowest BCUT2D eigenvalue weighted by atomic mass is 10.0. The first-order valence-corrected chi connectivity index (χ1v) is 8.07. The van der Waals surface area contributed by atoms with E-state index in [4.69, 9.17) is 4.42 Å². The van der Waals surface area contributed by atoms with Crippen molar-refractivity contribution in [2.75, 3.05) is 5.32 Å². The highest BCUT2D eigenvalue weighted by atomic mass is 16.6. The number of benzene rings is 2. The molecule has 1 aliphatic rings. The molecule has 0 saturated heterocycles. The van der Waals surface area contributed by atoms with E-state index in [2.05, 4.69) is 5.32 Å². The summed E-state index contributed by atoms with van der Waals surface area (Å²) in [6, 6.07) is 17.1. The van der Waals surface area contributed by atoms with Gasteiger partial charge in [0, 0.05) is 17.8 Å². The van der Waals surface area contributed by atoms with Crippen molar-refractivity contribution in [1.82, 2.24) is 4.90 Å². The molecule has 0 fully saturated rings. The van der Waals surface area contributed by atoms with Gasteiger partial charge >= 0.3 is 0 Å². The Morgan fingerprint density at radius 3 is 2.54 bits per heavy atom. The monoisotopic (exact) mass is 349 g/mol. The second-order valence-electron chi connectivity index (χ2n) is 5.95. The average Bonchev–Trinajstić information content (AvgIpc) is 3.17. The molecule has 3 aromatic rings. The Bertz CT molecular complexity index is 951. The van der Waals surface area contributed by atoms with E-state index < -0.39 is 11.1 Å². The normalized spacial score (nSPS) is 16.1. The van der Waals surface area contributed by atoms with Gasteiger partial charge < -0.3 is 14.6 Å². The molecular weight excluding hydrogens is 334 g/mol. The Balaban J connectivity index is 1.74. The number of para-hydroxylation sites is 1. The highest BCUT2D eigenvalue weighted by Crippen LogP contribution is 2.34. The molecule has 2 aromatic carbocycles. The molecule has 0 unspecified atom stereocenters. The van der Waals surface area contributed by atoms with E-state index >= 15 is 0 Å². The van der Waals surface area contributed by atoms with Crippen molar-refractivity contribution in [2.45, 2.75) is 12.7 Å². The predicted octanol–water partition coefficient (Wildman–Crippen LogP) is 3.95. The van der Waals surface area contributed by atoms with Crippen molar-refractivity contribution < 1.29 is 14.1 Å². The summed E-state index contributed by atoms with van der Waals surface area (Å²) in [7, 11) is 0. The number of nitrogens with one attached hydrogen (secondary N) is 1. The Hall–Kier alpha value is -3.61. The number of hydrogen-bond acceptors (Lipinski definition) is 5. The molecule has 1 atom stereocenters. The van der Waals surface area contributed by atoms with Crippen molar-refractivity contribution in [2.24, 2.45) is 0 Å². The number of anilines is 1. The van der Waals surface area contributed by atoms with Crippen LogP contribution < -0.4 is 5.32 Å². The Morgan fingerprint density at radius 1 is 1.08 bits per heavy atom. The van der Waals surface area contributed by atoms with Gasteiger partial charge in [-0.15, -0.1) is 0 Å². The van der Waals surface area contributed by atoms with Gasteiger partial charge in [-0.1, -0.05) is 12.1 Å². The number of carbonyl (C=O) groups is 1. The zero-order valence-electron chi connectivity index (χ0n) is 13.7. The second-order valence-corrected chi connectivity index (χ2v) is 5.95. The summed E-state index contributed by atoms with van der Waals surface area (Å²) >= 11 is 0. The number of rotatable bonds is 4. The minimum atomic E-state index is -0.455. The molecule has 0 radical (unpaired) electrons. The first kappa shape index (κ1) is 15.9. The summed E-state index contributed by atoms with van der Waals surface area (Å²) in [5.41, 5.74) is 2.08. The smallest absolute Gasteiger partial charge is 0.269 e. The summed E-state index contributed by atoms with van der Waals surface area (Å²) < 4.78 is 5.40. The maximum absolute atomic E-state index is 13.0. The van der Waals surface area contributed by atoms with Gasteiger partial charge in [-0.3, -0.25) is 14.9 Å². The zero-order chi connectivity index (χ0) is 18.1. The van der Waals surface area contributed by atoms with E-state index in [1.807, 2.05) is 18.2 Å². The molecule has 0 saturated carbocycles. The zero-order valence-corrected chi connectivity index (χ0v) is 13.7. The topological polar surface area (TPSA) is 88.6 Å². The number of carbonyl (C=O) groups excluding carboxylic acids is 1. The lowest BCUT2D eigenvalue weighted by Gasteiger charge is -2.37. The number of nitro benzene ring substituents is 1. The fraction of sp³-hybridized carbons (Fsp3) is 0.105. The molecule has 4 rings (SSSR count). The van der Waals surface area contributed by atoms with E-state index in [9.17, 15) is 14.9 Å². The maximum atomic E-state index is 13.0. The quantitative estimate of drug-likeness (QED) is 0.569. The van der Waals surface area contributed by atoms with Crippen LogP contribution in [0, 0.1) is 10.1 Å². The minimum Gasteiger partial charge on any atom is -0.467 e. The fourth-order valence-electron chi connectivity index (χ4n) is 3.07. The van der Waals surface area contributed by atoms with Crippen LogP contribution in [0.3, 0.4) is 0 Å². The Kier molecular flexibility index (Phi) is 3.89. The molecule has 7 nitrogen and oxygen atoms in total. The molecule has 130 valence electrons. The number of non-ortho nitro benzene ring substituents is 1. The summed E-state index contributed by atoms with van der Waals surface area (Å²) in [5, 5.41) is 14.2. The number of hydrogen-bond donors (Lipinski definition) is 1. The number of nitro groups is 1. The van der Waals surface area contributed by atoms with Crippen molar-refractivity contribution in [3.8, 4) is 0 Å². The molecule has 1 amide bonds. The first-order valence-electron chi connectivity index (χ1n) is 8.07. The van der Waals surface area contributed by atoms with Gasteiger partial charge in [0.2, 0.25) is 0 Å². The van der Waals surface area contributed by atoms with Gasteiger partial charge in [-0.25, -0.2) is 0 Å². The Morgan fingerprint density at radius 2 is 1.85 bits per heavy atom. The molecule has 26 heavy (non-hydrogen) atoms. The van der Waals surface area contributed by atoms with E-state index in [1.165, 1.54) is 12.1 Å². The lowest BCUT2D eigenvalue weighted by molar-refractivity contribution is -0.384.